The van der Waals surface area contributed by atoms with Gasteiger partial charge in [-0.15, -0.1) is 0 Å². The third-order valence-electron chi connectivity index (χ3n) is 3.49. The standard InChI is InChI=1S/C12H24O2.C6H12O2/c1-2-3-4-5-6-7-8-9-10-11-12(13)14;1-2-3-4-5-6(7)8/h2-11H2,1H3,(H,13,14);2-5H2,1H3,(H,7,8). The molecule has 0 atom stereocenters. The molecule has 0 saturated heterocycles. The number of carboxylic acid groups (broad SMARTS) is 2. The Bertz CT molecular complexity index is 251. The van der Waals surface area contributed by atoms with Crippen molar-refractivity contribution in [1.82, 2.24) is 0 Å². The molecular formula is C18H36O4. The minimum atomic E-state index is -0.682. The van der Waals surface area contributed by atoms with Crippen molar-refractivity contribution >= 4 is 11.9 Å². The Kier molecular flexibility index (Phi) is 21.0. The summed E-state index contributed by atoms with van der Waals surface area (Å²) in [5, 5.41) is 16.6. The molecule has 0 aromatic carbocycles. The van der Waals surface area contributed by atoms with Crippen molar-refractivity contribution in [1.29, 1.82) is 0 Å². The zero-order valence-corrected chi connectivity index (χ0v) is 14.6. The molecule has 4 nitrogen and oxygen atoms in total. The molecule has 0 spiro atoms. The predicted molar refractivity (Wildman–Crippen MR) is 91.3 cm³/mol. The lowest BCUT2D eigenvalue weighted by Crippen LogP contribution is -1.93. The van der Waals surface area contributed by atoms with Gasteiger partial charge in [0.05, 0.1) is 0 Å². The molecule has 0 aromatic rings. The van der Waals surface area contributed by atoms with Gasteiger partial charge in [0.2, 0.25) is 0 Å². The summed E-state index contributed by atoms with van der Waals surface area (Å²) < 4.78 is 0. The Hall–Kier alpha value is -1.06. The topological polar surface area (TPSA) is 74.6 Å². The van der Waals surface area contributed by atoms with E-state index in [9.17, 15) is 9.59 Å². The quantitative estimate of drug-likeness (QED) is 0.406. The van der Waals surface area contributed by atoms with Gasteiger partial charge in [-0.2, -0.15) is 0 Å². The number of aliphatic carboxylic acids is 2. The number of carbonyl (C=O) groups is 2. The Morgan fingerprint density at radius 3 is 1.18 bits per heavy atom. The fraction of sp³-hybridized carbons (Fsp3) is 0.889. The second-order valence-corrected chi connectivity index (χ2v) is 5.82. The van der Waals surface area contributed by atoms with Gasteiger partial charge in [0.25, 0.3) is 0 Å². The molecule has 0 bridgehead atoms. The molecule has 0 heterocycles. The second kappa shape index (κ2) is 19.9. The molecule has 0 aliphatic carbocycles. The lowest BCUT2D eigenvalue weighted by atomic mass is 10.1. The highest BCUT2D eigenvalue weighted by Crippen LogP contribution is 2.10. The first kappa shape index (κ1) is 23.2. The van der Waals surface area contributed by atoms with E-state index in [4.69, 9.17) is 10.2 Å². The lowest BCUT2D eigenvalue weighted by molar-refractivity contribution is -0.138. The van der Waals surface area contributed by atoms with E-state index in [0.717, 1.165) is 32.1 Å². The fourth-order valence-electron chi connectivity index (χ4n) is 2.11. The lowest BCUT2D eigenvalue weighted by Gasteiger charge is -2.00. The second-order valence-electron chi connectivity index (χ2n) is 5.82. The van der Waals surface area contributed by atoms with Gasteiger partial charge in [-0.3, -0.25) is 9.59 Å². The summed E-state index contributed by atoms with van der Waals surface area (Å²) in [7, 11) is 0. The minimum absolute atomic E-state index is 0.327. The van der Waals surface area contributed by atoms with Crippen LogP contribution in [-0.2, 0) is 9.59 Å². The molecule has 2 N–H and O–H groups in total. The van der Waals surface area contributed by atoms with Crippen LogP contribution in [0.2, 0.25) is 0 Å². The average Bonchev–Trinajstić information content (AvgIpc) is 2.46. The molecular weight excluding hydrogens is 280 g/mol. The van der Waals surface area contributed by atoms with Gasteiger partial charge >= 0.3 is 11.9 Å². The zero-order valence-electron chi connectivity index (χ0n) is 14.6. The summed E-state index contributed by atoms with van der Waals surface area (Å²) in [6.07, 6.45) is 14.8. The third kappa shape index (κ3) is 27.3. The molecule has 132 valence electrons. The minimum Gasteiger partial charge on any atom is -0.481 e. The number of unbranched alkanes of at least 4 members (excludes halogenated alkanes) is 10. The van der Waals surface area contributed by atoms with E-state index in [-0.39, 0.29) is 0 Å². The summed E-state index contributed by atoms with van der Waals surface area (Å²) in [5.74, 6) is -1.34. The van der Waals surface area contributed by atoms with Gasteiger partial charge in [0, 0.05) is 12.8 Å². The molecule has 0 unspecified atom stereocenters. The van der Waals surface area contributed by atoms with Crippen molar-refractivity contribution in [3.63, 3.8) is 0 Å². The number of carboxylic acids is 2. The van der Waals surface area contributed by atoms with Crippen molar-refractivity contribution < 1.29 is 19.8 Å². The number of rotatable bonds is 14. The normalized spacial score (nSPS) is 9.91. The van der Waals surface area contributed by atoms with Crippen molar-refractivity contribution in [3.8, 4) is 0 Å². The van der Waals surface area contributed by atoms with Crippen LogP contribution in [0.3, 0.4) is 0 Å². The highest BCUT2D eigenvalue weighted by atomic mass is 16.4. The molecule has 0 aliphatic heterocycles. The Morgan fingerprint density at radius 2 is 0.818 bits per heavy atom. The Morgan fingerprint density at radius 1 is 0.545 bits per heavy atom. The largest absolute Gasteiger partial charge is 0.481 e. The van der Waals surface area contributed by atoms with E-state index in [1.54, 1.807) is 0 Å². The first-order valence-corrected chi connectivity index (χ1v) is 8.98. The van der Waals surface area contributed by atoms with Crippen LogP contribution in [-0.4, -0.2) is 22.2 Å². The first-order valence-electron chi connectivity index (χ1n) is 8.98. The molecule has 4 heteroatoms. The summed E-state index contributed by atoms with van der Waals surface area (Å²) in [5.41, 5.74) is 0. The summed E-state index contributed by atoms with van der Waals surface area (Å²) in [6.45, 7) is 4.29. The van der Waals surface area contributed by atoms with Crippen molar-refractivity contribution in [3.05, 3.63) is 0 Å². The van der Waals surface area contributed by atoms with Gasteiger partial charge in [0.1, 0.15) is 0 Å². The third-order valence-corrected chi connectivity index (χ3v) is 3.49. The highest BCUT2D eigenvalue weighted by Gasteiger charge is 1.96. The molecule has 0 aliphatic rings. The predicted octanol–water partition coefficient (Wildman–Crippen LogP) is 5.64. The average molecular weight is 316 g/mol. The molecule has 0 rings (SSSR count). The van der Waals surface area contributed by atoms with E-state index in [0.29, 0.717) is 12.8 Å². The molecule has 0 fully saturated rings. The maximum atomic E-state index is 10.2. The molecule has 22 heavy (non-hydrogen) atoms. The van der Waals surface area contributed by atoms with E-state index >= 15 is 0 Å². The molecule has 0 aromatic heterocycles. The van der Waals surface area contributed by atoms with Crippen LogP contribution in [0.4, 0.5) is 0 Å². The summed E-state index contributed by atoms with van der Waals surface area (Å²) >= 11 is 0. The Balaban J connectivity index is 0. The van der Waals surface area contributed by atoms with Gasteiger partial charge in [-0.1, -0.05) is 78.1 Å². The SMILES string of the molecule is CCCCCC(=O)O.CCCCCCCCCCCC(=O)O. The highest BCUT2D eigenvalue weighted by molar-refractivity contribution is 5.66. The fourth-order valence-corrected chi connectivity index (χ4v) is 2.11. The van der Waals surface area contributed by atoms with Crippen molar-refractivity contribution in [2.75, 3.05) is 0 Å². The van der Waals surface area contributed by atoms with E-state index in [1.165, 1.54) is 44.9 Å². The van der Waals surface area contributed by atoms with Crippen LogP contribution in [0.5, 0.6) is 0 Å². The zero-order chi connectivity index (χ0) is 17.1. The summed E-state index contributed by atoms with van der Waals surface area (Å²) in [4.78, 5) is 20.1. The van der Waals surface area contributed by atoms with Crippen LogP contribution >= 0.6 is 0 Å². The van der Waals surface area contributed by atoms with Crippen LogP contribution in [0, 0.1) is 0 Å². The molecule has 0 amide bonds. The number of hydrogen-bond donors (Lipinski definition) is 2. The summed E-state index contributed by atoms with van der Waals surface area (Å²) in [6, 6.07) is 0. The molecule has 0 saturated carbocycles. The van der Waals surface area contributed by atoms with Crippen molar-refractivity contribution in [2.45, 2.75) is 104 Å². The van der Waals surface area contributed by atoms with Crippen LogP contribution in [0.15, 0.2) is 0 Å². The monoisotopic (exact) mass is 316 g/mol. The first-order chi connectivity index (χ1) is 10.5. The maximum Gasteiger partial charge on any atom is 0.303 e. The van der Waals surface area contributed by atoms with Crippen LogP contribution < -0.4 is 0 Å². The van der Waals surface area contributed by atoms with Gasteiger partial charge < -0.3 is 10.2 Å². The van der Waals surface area contributed by atoms with Crippen LogP contribution in [0.25, 0.3) is 0 Å². The molecule has 0 radical (unpaired) electrons. The maximum absolute atomic E-state index is 10.2. The number of hydrogen-bond acceptors (Lipinski definition) is 2. The van der Waals surface area contributed by atoms with E-state index in [2.05, 4.69) is 13.8 Å². The Labute approximate surface area is 136 Å². The van der Waals surface area contributed by atoms with Crippen molar-refractivity contribution in [2.24, 2.45) is 0 Å². The smallest absolute Gasteiger partial charge is 0.303 e. The van der Waals surface area contributed by atoms with Gasteiger partial charge in [-0.05, 0) is 12.8 Å². The van der Waals surface area contributed by atoms with Crippen LogP contribution in [0.1, 0.15) is 104 Å². The van der Waals surface area contributed by atoms with E-state index < -0.39 is 11.9 Å². The van der Waals surface area contributed by atoms with E-state index in [1.807, 2.05) is 0 Å². The van der Waals surface area contributed by atoms with Gasteiger partial charge in [-0.25, -0.2) is 0 Å². The van der Waals surface area contributed by atoms with Gasteiger partial charge in [0.15, 0.2) is 0 Å².